The minimum Gasteiger partial charge on any atom is -0.508 e. The fourth-order valence-electron chi connectivity index (χ4n) is 2.86. The van der Waals surface area contributed by atoms with Crippen LogP contribution in [0.4, 0.5) is 0 Å². The van der Waals surface area contributed by atoms with Crippen LogP contribution in [-0.4, -0.2) is 22.7 Å². The number of nitrogens with one attached hydrogen (secondary N) is 1. The van der Waals surface area contributed by atoms with E-state index in [1.54, 1.807) is 12.1 Å². The number of hydrogen-bond acceptors (Lipinski definition) is 4. The van der Waals surface area contributed by atoms with Crippen LogP contribution < -0.4 is 5.32 Å². The normalized spacial score (nSPS) is 14.2. The molecule has 0 saturated carbocycles. The highest BCUT2D eigenvalue weighted by atomic mass is 16.5. The number of fused-ring (bicyclic) bond motifs is 1. The molecule has 2 N–H and O–H groups in total. The van der Waals surface area contributed by atoms with Gasteiger partial charge in [-0.3, -0.25) is 4.79 Å². The molecule has 0 atom stereocenters. The minimum atomic E-state index is -0.192. The average molecular weight is 300 g/mol. The monoisotopic (exact) mass is 300 g/mol. The quantitative estimate of drug-likeness (QED) is 0.851. The molecule has 116 valence electrons. The molecule has 22 heavy (non-hydrogen) atoms. The molecule has 1 aliphatic rings. The number of carbonyl (C=O) groups is 1. The number of carbonyl (C=O) groups excluding carboxylic acids is 1. The molecule has 5 nitrogen and oxygen atoms in total. The highest BCUT2D eigenvalue weighted by molar-refractivity contribution is 5.93. The Hall–Kier alpha value is -2.30. The summed E-state index contributed by atoms with van der Waals surface area (Å²) in [5, 5.41) is 16.5. The lowest BCUT2D eigenvalue weighted by atomic mass is 10.1. The van der Waals surface area contributed by atoms with Crippen LogP contribution in [0.3, 0.4) is 0 Å². The van der Waals surface area contributed by atoms with Gasteiger partial charge < -0.3 is 14.9 Å². The van der Waals surface area contributed by atoms with Crippen molar-refractivity contribution in [3.8, 4) is 5.75 Å². The van der Waals surface area contributed by atoms with Crippen molar-refractivity contribution in [2.24, 2.45) is 0 Å². The Balaban J connectivity index is 1.61. The molecule has 1 heterocycles. The number of para-hydroxylation sites is 1. The van der Waals surface area contributed by atoms with Crippen LogP contribution in [0.15, 0.2) is 28.8 Å². The molecule has 1 aromatic heterocycles. The highest BCUT2D eigenvalue weighted by Gasteiger charge is 2.22. The van der Waals surface area contributed by atoms with Gasteiger partial charge in [-0.1, -0.05) is 29.8 Å². The average Bonchev–Trinajstić information content (AvgIpc) is 2.78. The molecule has 0 bridgehead atoms. The minimum absolute atomic E-state index is 0.192. The number of phenolic OH excluding ortho intramolecular Hbond substituents is 1. The SMILES string of the molecule is O=C(NCCc1ccccc1O)c1noc2c1CCCCC2. The van der Waals surface area contributed by atoms with Crippen LogP contribution in [0.1, 0.15) is 46.6 Å². The van der Waals surface area contributed by atoms with E-state index in [4.69, 9.17) is 4.52 Å². The summed E-state index contributed by atoms with van der Waals surface area (Å²) in [4.78, 5) is 12.3. The second-order valence-corrected chi connectivity index (χ2v) is 5.63. The Morgan fingerprint density at radius 1 is 1.23 bits per heavy atom. The molecule has 5 heteroatoms. The molecule has 0 radical (unpaired) electrons. The standard InChI is InChI=1S/C17H20N2O3/c20-14-8-5-4-6-12(14)10-11-18-17(21)16-13-7-2-1-3-9-15(13)22-19-16/h4-6,8,20H,1-3,7,9-11H2,(H,18,21). The molecule has 0 saturated heterocycles. The molecule has 0 aliphatic heterocycles. The van der Waals surface area contributed by atoms with E-state index in [-0.39, 0.29) is 11.7 Å². The molecule has 2 aromatic rings. The van der Waals surface area contributed by atoms with E-state index in [9.17, 15) is 9.90 Å². The maximum Gasteiger partial charge on any atom is 0.273 e. The summed E-state index contributed by atoms with van der Waals surface area (Å²) < 4.78 is 5.32. The van der Waals surface area contributed by atoms with Gasteiger partial charge in [-0.15, -0.1) is 0 Å². The summed E-state index contributed by atoms with van der Waals surface area (Å²) in [5.41, 5.74) is 2.22. The van der Waals surface area contributed by atoms with Crippen molar-refractivity contribution in [2.75, 3.05) is 6.54 Å². The summed E-state index contributed by atoms with van der Waals surface area (Å²) in [6.07, 6.45) is 5.65. The van der Waals surface area contributed by atoms with E-state index in [1.165, 1.54) is 6.42 Å². The fraction of sp³-hybridized carbons (Fsp3) is 0.412. The molecule has 1 amide bonds. The summed E-state index contributed by atoms with van der Waals surface area (Å²) in [6.45, 7) is 0.456. The number of aromatic nitrogens is 1. The van der Waals surface area contributed by atoms with Gasteiger partial charge in [-0.2, -0.15) is 0 Å². The Bertz CT molecular complexity index is 664. The van der Waals surface area contributed by atoms with Gasteiger partial charge in [0.05, 0.1) is 0 Å². The summed E-state index contributed by atoms with van der Waals surface area (Å²) >= 11 is 0. The Morgan fingerprint density at radius 2 is 2.05 bits per heavy atom. The van der Waals surface area contributed by atoms with Gasteiger partial charge in [-0.05, 0) is 37.3 Å². The second-order valence-electron chi connectivity index (χ2n) is 5.63. The third kappa shape index (κ3) is 3.13. The van der Waals surface area contributed by atoms with Gasteiger partial charge in [0.15, 0.2) is 5.69 Å². The second kappa shape index (κ2) is 6.64. The smallest absolute Gasteiger partial charge is 0.273 e. The van der Waals surface area contributed by atoms with E-state index in [1.807, 2.05) is 12.1 Å². The van der Waals surface area contributed by atoms with Crippen molar-refractivity contribution in [1.29, 1.82) is 0 Å². The first-order valence-corrected chi connectivity index (χ1v) is 7.78. The van der Waals surface area contributed by atoms with Gasteiger partial charge in [0.25, 0.3) is 5.91 Å². The van der Waals surface area contributed by atoms with Crippen molar-refractivity contribution < 1.29 is 14.4 Å². The zero-order chi connectivity index (χ0) is 15.4. The van der Waals surface area contributed by atoms with E-state index in [0.717, 1.165) is 42.6 Å². The zero-order valence-electron chi connectivity index (χ0n) is 12.5. The number of aromatic hydroxyl groups is 1. The third-order valence-corrected chi connectivity index (χ3v) is 4.09. The number of rotatable bonds is 4. The van der Waals surface area contributed by atoms with Gasteiger partial charge in [0, 0.05) is 18.5 Å². The van der Waals surface area contributed by atoms with E-state index in [0.29, 0.717) is 18.7 Å². The van der Waals surface area contributed by atoms with Crippen LogP contribution in [-0.2, 0) is 19.3 Å². The molecule has 0 unspecified atom stereocenters. The van der Waals surface area contributed by atoms with Crippen molar-refractivity contribution >= 4 is 5.91 Å². The van der Waals surface area contributed by atoms with E-state index >= 15 is 0 Å². The van der Waals surface area contributed by atoms with E-state index < -0.39 is 0 Å². The number of nitrogens with zero attached hydrogens (tertiary/aromatic N) is 1. The lowest BCUT2D eigenvalue weighted by Gasteiger charge is -2.06. The van der Waals surface area contributed by atoms with Gasteiger partial charge in [0.2, 0.25) is 0 Å². The van der Waals surface area contributed by atoms with Crippen molar-refractivity contribution in [2.45, 2.75) is 38.5 Å². The molecule has 0 fully saturated rings. The Kier molecular flexibility index (Phi) is 4.42. The molecule has 3 rings (SSSR count). The molecular formula is C17H20N2O3. The number of amides is 1. The van der Waals surface area contributed by atoms with Gasteiger partial charge >= 0.3 is 0 Å². The summed E-state index contributed by atoms with van der Waals surface area (Å²) in [7, 11) is 0. The van der Waals surface area contributed by atoms with Gasteiger partial charge in [0.1, 0.15) is 11.5 Å². The fourth-order valence-corrected chi connectivity index (χ4v) is 2.86. The van der Waals surface area contributed by atoms with Crippen LogP contribution >= 0.6 is 0 Å². The topological polar surface area (TPSA) is 75.4 Å². The third-order valence-electron chi connectivity index (χ3n) is 4.09. The molecule has 1 aromatic carbocycles. The molecular weight excluding hydrogens is 280 g/mol. The molecule has 0 spiro atoms. The van der Waals surface area contributed by atoms with Crippen LogP contribution in [0, 0.1) is 0 Å². The van der Waals surface area contributed by atoms with Gasteiger partial charge in [-0.25, -0.2) is 0 Å². The van der Waals surface area contributed by atoms with Crippen molar-refractivity contribution in [3.05, 3.63) is 46.8 Å². The predicted octanol–water partition coefficient (Wildman–Crippen LogP) is 2.62. The highest BCUT2D eigenvalue weighted by Crippen LogP contribution is 2.23. The maximum atomic E-state index is 12.3. The number of phenols is 1. The van der Waals surface area contributed by atoms with Crippen molar-refractivity contribution in [1.82, 2.24) is 10.5 Å². The van der Waals surface area contributed by atoms with E-state index in [2.05, 4.69) is 10.5 Å². The van der Waals surface area contributed by atoms with Crippen molar-refractivity contribution in [3.63, 3.8) is 0 Å². The van der Waals surface area contributed by atoms with Crippen LogP contribution in [0.5, 0.6) is 5.75 Å². The predicted molar refractivity (Wildman–Crippen MR) is 81.9 cm³/mol. The van der Waals surface area contributed by atoms with Crippen LogP contribution in [0.2, 0.25) is 0 Å². The first-order chi connectivity index (χ1) is 10.8. The molecule has 1 aliphatic carbocycles. The Morgan fingerprint density at radius 3 is 2.91 bits per heavy atom. The van der Waals surface area contributed by atoms with Crippen LogP contribution in [0.25, 0.3) is 0 Å². The maximum absolute atomic E-state index is 12.3. The number of benzene rings is 1. The zero-order valence-corrected chi connectivity index (χ0v) is 12.5. The Labute approximate surface area is 129 Å². The number of aryl methyl sites for hydroxylation is 1. The first kappa shape index (κ1) is 14.6. The summed E-state index contributed by atoms with van der Waals surface area (Å²) in [6, 6.07) is 7.15. The lowest BCUT2D eigenvalue weighted by molar-refractivity contribution is 0.0944. The number of hydrogen-bond donors (Lipinski definition) is 2. The lowest BCUT2D eigenvalue weighted by Crippen LogP contribution is -2.27. The largest absolute Gasteiger partial charge is 0.508 e. The summed E-state index contributed by atoms with van der Waals surface area (Å²) in [5.74, 6) is 0.928. The first-order valence-electron chi connectivity index (χ1n) is 7.78.